The topological polar surface area (TPSA) is 117 Å². The summed E-state index contributed by atoms with van der Waals surface area (Å²) in [5, 5.41) is 0. The van der Waals surface area contributed by atoms with Crippen LogP contribution < -0.4 is 24.8 Å². The zero-order valence-electron chi connectivity index (χ0n) is 26.2. The highest BCUT2D eigenvalue weighted by Gasteiger charge is 2.28. The van der Waals surface area contributed by atoms with E-state index in [1.54, 1.807) is 59.1 Å². The number of carbonyl (C=O) groups is 3. The van der Waals surface area contributed by atoms with E-state index in [9.17, 15) is 14.4 Å². The molecule has 1 amide bonds. The first-order valence-corrected chi connectivity index (χ1v) is 14.6. The molecule has 2 aromatic rings. The first-order chi connectivity index (χ1) is 19.9. The minimum Gasteiger partial charge on any atom is -0.497 e. The SMILES string of the molecule is CCC(CCCCCC(=O)CCC(N)C(=O)OC(C)(C)C)C(=O)N(c1ccc(OC)cc1)c1ccc(OC)cc1OC. The smallest absolute Gasteiger partial charge is 0.323 e. The zero-order chi connectivity index (χ0) is 31.3. The Hall–Kier alpha value is -3.59. The normalized spacial score (nSPS) is 12.7. The Kier molecular flexibility index (Phi) is 13.8. The van der Waals surface area contributed by atoms with Crippen molar-refractivity contribution in [2.24, 2.45) is 11.7 Å². The Labute approximate surface area is 250 Å². The van der Waals surface area contributed by atoms with Crippen LogP contribution in [0.15, 0.2) is 42.5 Å². The van der Waals surface area contributed by atoms with Crippen LogP contribution in [0.1, 0.15) is 79.1 Å². The fourth-order valence-corrected chi connectivity index (χ4v) is 4.60. The van der Waals surface area contributed by atoms with Crippen LogP contribution >= 0.6 is 0 Å². The second kappa shape index (κ2) is 16.8. The van der Waals surface area contributed by atoms with E-state index in [0.717, 1.165) is 19.3 Å². The van der Waals surface area contributed by atoms with Crippen LogP contribution in [0.2, 0.25) is 0 Å². The summed E-state index contributed by atoms with van der Waals surface area (Å²) >= 11 is 0. The molecule has 2 aromatic carbocycles. The maximum atomic E-state index is 14.0. The zero-order valence-corrected chi connectivity index (χ0v) is 26.2. The highest BCUT2D eigenvalue weighted by molar-refractivity contribution is 6.03. The maximum Gasteiger partial charge on any atom is 0.323 e. The number of carbonyl (C=O) groups excluding carboxylic acids is 3. The number of anilines is 2. The molecule has 0 bridgehead atoms. The molecule has 0 spiro atoms. The maximum absolute atomic E-state index is 14.0. The van der Waals surface area contributed by atoms with Crippen LogP contribution in [0.5, 0.6) is 17.2 Å². The van der Waals surface area contributed by atoms with Crippen molar-refractivity contribution in [3.63, 3.8) is 0 Å². The Balaban J connectivity index is 2.00. The van der Waals surface area contributed by atoms with Gasteiger partial charge in [-0.1, -0.05) is 19.8 Å². The summed E-state index contributed by atoms with van der Waals surface area (Å²) < 4.78 is 21.6. The standard InChI is InChI=1S/C33H48N2O7/c1-8-23(12-10-9-11-13-25(36)16-20-28(34)32(38)42-33(2,3)4)31(37)35(24-14-17-26(39-5)18-15-24)29-21-19-27(40-6)22-30(29)41-7/h14-15,17-19,21-23,28H,8-13,16,20,34H2,1-7H3. The van der Waals surface area contributed by atoms with Crippen LogP contribution in [0.3, 0.4) is 0 Å². The third-order valence-corrected chi connectivity index (χ3v) is 6.97. The van der Waals surface area contributed by atoms with E-state index in [0.29, 0.717) is 47.9 Å². The fourth-order valence-electron chi connectivity index (χ4n) is 4.60. The van der Waals surface area contributed by atoms with Gasteiger partial charge >= 0.3 is 5.97 Å². The predicted molar refractivity (Wildman–Crippen MR) is 165 cm³/mol. The lowest BCUT2D eigenvalue weighted by Gasteiger charge is -2.29. The molecule has 0 aliphatic carbocycles. The molecule has 2 N–H and O–H groups in total. The Morgan fingerprint density at radius 1 is 0.833 bits per heavy atom. The molecule has 2 atom stereocenters. The Bertz CT molecular complexity index is 1160. The monoisotopic (exact) mass is 584 g/mol. The van der Waals surface area contributed by atoms with Gasteiger partial charge in [0.2, 0.25) is 5.91 Å². The van der Waals surface area contributed by atoms with Crippen molar-refractivity contribution in [3.05, 3.63) is 42.5 Å². The van der Waals surface area contributed by atoms with Gasteiger partial charge in [-0.05, 0) is 82.9 Å². The number of benzene rings is 2. The highest BCUT2D eigenvalue weighted by atomic mass is 16.6. The summed E-state index contributed by atoms with van der Waals surface area (Å²) in [7, 11) is 4.75. The predicted octanol–water partition coefficient (Wildman–Crippen LogP) is 6.37. The van der Waals surface area contributed by atoms with E-state index in [4.69, 9.17) is 24.7 Å². The first-order valence-electron chi connectivity index (χ1n) is 14.6. The van der Waals surface area contributed by atoms with E-state index in [-0.39, 0.29) is 30.4 Å². The number of nitrogens with zero attached hydrogens (tertiary/aromatic N) is 1. The first kappa shape index (κ1) is 34.6. The van der Waals surface area contributed by atoms with Crippen molar-refractivity contribution in [3.8, 4) is 17.2 Å². The van der Waals surface area contributed by atoms with Crippen LogP contribution in [0.4, 0.5) is 11.4 Å². The molecular weight excluding hydrogens is 536 g/mol. The number of Topliss-reactive ketones (excluding diaryl/α,β-unsaturated/α-hetero) is 1. The van der Waals surface area contributed by atoms with Gasteiger partial charge in [0.25, 0.3) is 0 Å². The lowest BCUT2D eigenvalue weighted by atomic mass is 9.95. The number of nitrogens with two attached hydrogens (primary N) is 1. The Morgan fingerprint density at radius 2 is 1.48 bits per heavy atom. The van der Waals surface area contributed by atoms with Crippen LogP contribution in [0.25, 0.3) is 0 Å². The summed E-state index contributed by atoms with van der Waals surface area (Å²) in [5.41, 5.74) is 6.62. The number of ketones is 1. The number of rotatable bonds is 17. The molecule has 9 heteroatoms. The van der Waals surface area contributed by atoms with E-state index in [1.807, 2.05) is 37.3 Å². The molecule has 0 aliphatic rings. The average Bonchev–Trinajstić information content (AvgIpc) is 2.97. The Morgan fingerprint density at radius 3 is 2.05 bits per heavy atom. The molecule has 0 aliphatic heterocycles. The van der Waals surface area contributed by atoms with Gasteiger partial charge in [0.1, 0.15) is 34.7 Å². The summed E-state index contributed by atoms with van der Waals surface area (Å²) in [6, 6.07) is 11.9. The van der Waals surface area contributed by atoms with Crippen molar-refractivity contribution in [2.75, 3.05) is 26.2 Å². The average molecular weight is 585 g/mol. The molecule has 2 unspecified atom stereocenters. The summed E-state index contributed by atoms with van der Waals surface area (Å²) in [6.45, 7) is 7.36. The molecule has 0 saturated carbocycles. The van der Waals surface area contributed by atoms with Gasteiger partial charge < -0.3 is 24.7 Å². The van der Waals surface area contributed by atoms with Gasteiger partial charge in [0.15, 0.2) is 0 Å². The molecule has 0 aromatic heterocycles. The van der Waals surface area contributed by atoms with Gasteiger partial charge in [0, 0.05) is 30.5 Å². The molecule has 0 heterocycles. The third-order valence-electron chi connectivity index (χ3n) is 6.97. The molecule has 9 nitrogen and oxygen atoms in total. The largest absolute Gasteiger partial charge is 0.497 e. The number of unbranched alkanes of at least 4 members (excludes halogenated alkanes) is 2. The number of esters is 1. The van der Waals surface area contributed by atoms with Gasteiger partial charge in [0.05, 0.1) is 27.0 Å². The van der Waals surface area contributed by atoms with Gasteiger partial charge in [-0.15, -0.1) is 0 Å². The quantitative estimate of drug-likeness (QED) is 0.168. The molecule has 42 heavy (non-hydrogen) atoms. The molecular formula is C33H48N2O7. The number of hydrogen-bond acceptors (Lipinski definition) is 8. The van der Waals surface area contributed by atoms with Gasteiger partial charge in [-0.2, -0.15) is 0 Å². The van der Waals surface area contributed by atoms with Gasteiger partial charge in [-0.25, -0.2) is 0 Å². The van der Waals surface area contributed by atoms with E-state index in [1.165, 1.54) is 0 Å². The van der Waals surface area contributed by atoms with Crippen LogP contribution in [0, 0.1) is 5.92 Å². The van der Waals surface area contributed by atoms with Crippen molar-refractivity contribution in [1.29, 1.82) is 0 Å². The van der Waals surface area contributed by atoms with Crippen molar-refractivity contribution >= 4 is 29.0 Å². The van der Waals surface area contributed by atoms with Crippen LogP contribution in [-0.2, 0) is 19.1 Å². The minimum absolute atomic E-state index is 0.0293. The number of hydrogen-bond donors (Lipinski definition) is 1. The molecule has 0 fully saturated rings. The lowest BCUT2D eigenvalue weighted by Crippen LogP contribution is -2.37. The van der Waals surface area contributed by atoms with Crippen molar-refractivity contribution in [2.45, 2.75) is 90.7 Å². The molecule has 0 radical (unpaired) electrons. The number of methoxy groups -OCH3 is 3. The van der Waals surface area contributed by atoms with Crippen molar-refractivity contribution < 1.29 is 33.3 Å². The second-order valence-electron chi connectivity index (χ2n) is 11.3. The van der Waals surface area contributed by atoms with Crippen LogP contribution in [-0.4, -0.2) is 50.6 Å². The van der Waals surface area contributed by atoms with E-state index < -0.39 is 17.6 Å². The summed E-state index contributed by atoms with van der Waals surface area (Å²) in [4.78, 5) is 40.1. The molecule has 232 valence electrons. The third kappa shape index (κ3) is 10.7. The van der Waals surface area contributed by atoms with E-state index >= 15 is 0 Å². The number of ether oxygens (including phenoxy) is 4. The summed E-state index contributed by atoms with van der Waals surface area (Å²) in [6.07, 6.45) is 4.66. The second-order valence-corrected chi connectivity index (χ2v) is 11.3. The molecule has 2 rings (SSSR count). The summed E-state index contributed by atoms with van der Waals surface area (Å²) in [5.74, 6) is 1.20. The number of amides is 1. The van der Waals surface area contributed by atoms with Crippen molar-refractivity contribution in [1.82, 2.24) is 0 Å². The fraction of sp³-hybridized carbons (Fsp3) is 0.545. The highest BCUT2D eigenvalue weighted by Crippen LogP contribution is 2.39. The van der Waals surface area contributed by atoms with Gasteiger partial charge in [-0.3, -0.25) is 19.3 Å². The lowest BCUT2D eigenvalue weighted by molar-refractivity contribution is -0.156. The minimum atomic E-state index is -0.803. The molecule has 0 saturated heterocycles. The van der Waals surface area contributed by atoms with E-state index in [2.05, 4.69) is 0 Å².